The summed E-state index contributed by atoms with van der Waals surface area (Å²) in [5.74, 6) is 2.12. The van der Waals surface area contributed by atoms with Gasteiger partial charge < -0.3 is 14.8 Å². The van der Waals surface area contributed by atoms with Crippen LogP contribution in [0.25, 0.3) is 158 Å². The fourth-order valence-corrected chi connectivity index (χ4v) is 21.1. The quantitative estimate of drug-likeness (QED) is 0.139. The van der Waals surface area contributed by atoms with Gasteiger partial charge in [-0.25, -0.2) is 15.0 Å². The third kappa shape index (κ3) is 13.1. The van der Waals surface area contributed by atoms with Gasteiger partial charge in [-0.1, -0.05) is 367 Å². The number of aromatic amines is 2. The van der Waals surface area contributed by atoms with Crippen LogP contribution in [0, 0.1) is 18.3 Å². The number of hydrogen-bond donors (Lipinski definition) is 0. The van der Waals surface area contributed by atoms with E-state index in [9.17, 15) is 15.5 Å². The van der Waals surface area contributed by atoms with Gasteiger partial charge in [-0.05, 0) is 179 Å². The van der Waals surface area contributed by atoms with E-state index in [0.717, 1.165) is 91.1 Å². The van der Waals surface area contributed by atoms with Crippen molar-refractivity contribution in [3.8, 4) is 112 Å². The zero-order valence-corrected chi connectivity index (χ0v) is 69.5. The number of aryl methyl sites for hydroxylation is 1. The molecule has 4 heterocycles. The third-order valence-corrected chi connectivity index (χ3v) is 26.8. The van der Waals surface area contributed by atoms with Gasteiger partial charge in [0.15, 0.2) is 17.5 Å². The summed E-state index contributed by atoms with van der Waals surface area (Å²) in [5, 5.41) is 42.8. The fourth-order valence-electron chi connectivity index (χ4n) is 19.1. The number of nitrogens with one attached hydrogen (secondary N) is 2. The molecule has 3 aliphatic rings. The van der Waals surface area contributed by atoms with Gasteiger partial charge in [-0.15, -0.1) is 0 Å². The molecule has 22 aromatic rings. The van der Waals surface area contributed by atoms with Crippen molar-refractivity contribution < 1.29 is 20.2 Å². The van der Waals surface area contributed by atoms with E-state index < -0.39 is 10.8 Å². The molecule has 1 unspecified atom stereocenters. The number of hydrogen-bond acceptors (Lipinski definition) is 8. The molecule has 1 atom stereocenters. The Morgan fingerprint density at radius 3 is 1.24 bits per heavy atom. The second-order valence-corrected chi connectivity index (χ2v) is 33.7. The molecule has 0 fully saturated rings. The number of nitrogens with zero attached hydrogens (tertiary/aromatic N) is 5. The van der Waals surface area contributed by atoms with E-state index in [1.54, 1.807) is 34.8 Å². The molecule has 18 aromatic carbocycles. The topological polar surface area (TPSA) is 142 Å². The van der Waals surface area contributed by atoms with E-state index in [0.29, 0.717) is 23.0 Å². The molecule has 4 aromatic heterocycles. The van der Waals surface area contributed by atoms with Crippen LogP contribution in [0.5, 0.6) is 11.5 Å². The summed E-state index contributed by atoms with van der Waals surface area (Å²) in [5.41, 5.74) is 28.7. The number of fused-ring (bicyclic) bond motifs is 20. The summed E-state index contributed by atoms with van der Waals surface area (Å²) in [6.45, 7) is 2.14. The van der Waals surface area contributed by atoms with Gasteiger partial charge in [0, 0.05) is 45.3 Å². The Kier molecular flexibility index (Phi) is 19.5. The monoisotopic (exact) mass is 1630 g/mol. The van der Waals surface area contributed by atoms with Crippen LogP contribution in [0.1, 0.15) is 55.6 Å². The Bertz CT molecular complexity index is 7680. The molecule has 2 N–H and O–H groups in total. The zero-order valence-electron chi connectivity index (χ0n) is 67.8. The van der Waals surface area contributed by atoms with Gasteiger partial charge in [0.25, 0.3) is 10.0 Å². The fraction of sp³-hybridized carbons (Fsp3) is 0.0265. The Balaban J connectivity index is 0.000000108. The molecular weight excluding hydrogens is 1560 g/mol. The maximum atomic E-state index is 12.3. The van der Waals surface area contributed by atoms with E-state index in [1.807, 2.05) is 140 Å². The number of benzene rings is 18. The molecule has 3 aliphatic carbocycles. The van der Waals surface area contributed by atoms with Crippen molar-refractivity contribution in [3.63, 3.8) is 0 Å². The maximum absolute atomic E-state index is 12.3. The summed E-state index contributed by atoms with van der Waals surface area (Å²) in [6, 6.07) is 146. The summed E-state index contributed by atoms with van der Waals surface area (Å²) >= 11 is 3.24. The Morgan fingerprint density at radius 2 is 0.720 bits per heavy atom. The first-order valence-electron chi connectivity index (χ1n) is 41.5. The van der Waals surface area contributed by atoms with E-state index in [4.69, 9.17) is 15.0 Å². The van der Waals surface area contributed by atoms with Crippen molar-refractivity contribution in [1.29, 1.82) is 5.26 Å². The van der Waals surface area contributed by atoms with E-state index in [1.165, 1.54) is 99.7 Å². The molecule has 1 spiro atoms. The second kappa shape index (κ2) is 31.7. The standard InChI is InChI=1S/C40H25N3.C39H26N2.2C17H11NOS.Be/c1-3-13-26(14-4-1)37-41-38(27-15-5-2-6-16-27)43-39(42-37)28-23-24-32-31-19-9-12-22-35(31)40(36(32)25-28)33-20-10-7-17-29(33)30-18-8-11-21-34(30)40;1-26-15-18-28(19-16-26)39(35-13-7-5-11-31(35)33-23-27(25-40)17-21-36(33)39)29-20-22-38-34(24-29)32-12-6-8-14-37(32)41(38)30-9-3-2-4-10-30;2*19-15-10-12-6-2-1-5-11(12)9-13(15)17-18-14-7-3-4-8-16(14)20-17;/h1-25H;2-24H,1H3;2*1-10,19H;/q;;;;+2. The number of aromatic nitrogens is 6. The molecule has 0 bridgehead atoms. The predicted octanol–water partition coefficient (Wildman–Crippen LogP) is 25.4. The average molecular weight is 1630 g/mol. The van der Waals surface area contributed by atoms with Crippen LogP contribution >= 0.6 is 22.7 Å². The molecule has 0 radical (unpaired) electrons. The first-order chi connectivity index (χ1) is 61.1. The maximum Gasteiger partial charge on any atom is 2.00 e. The van der Waals surface area contributed by atoms with Gasteiger partial charge in [0.2, 0.25) is 11.0 Å². The SMILES string of the molecule is Cc1ccc(C2(c3ccc4c(c3)c3ccccc3n4-c3ccccc3)c3ccccc3-c3cc(C#N)ccc32)cc1.[Be+2].[O-]c1cc2ccccc2cc1-c1[nH+]c2ccccc2s1.[O-]c1cc2ccccc2cc1-c1[nH+]c2ccccc2s1.c1ccc(-c2nc(-c3ccccc3)nc(-c3ccc4c(c3)C3(c5ccccc5-c5ccccc53)c3ccccc3-4)n2)cc1. The molecular formula is C113H73BeN7O2S2+2. The number of H-pyrrole nitrogens is 2. The number of thiazole rings is 2. The van der Waals surface area contributed by atoms with Crippen LogP contribution in [0.3, 0.4) is 0 Å². The van der Waals surface area contributed by atoms with Crippen molar-refractivity contribution in [2.45, 2.75) is 17.8 Å². The first-order valence-corrected chi connectivity index (χ1v) is 43.1. The molecule has 0 amide bonds. The molecule has 0 aliphatic heterocycles. The summed E-state index contributed by atoms with van der Waals surface area (Å²) in [6.07, 6.45) is 0. The van der Waals surface area contributed by atoms with E-state index >= 15 is 0 Å². The number of para-hydroxylation sites is 4. The molecule has 25 rings (SSSR count). The minimum atomic E-state index is -0.516. The molecule has 0 saturated carbocycles. The summed E-state index contributed by atoms with van der Waals surface area (Å²) in [7, 11) is 0. The van der Waals surface area contributed by atoms with Gasteiger partial charge >= 0.3 is 10.1 Å². The minimum Gasteiger partial charge on any atom is -0.872 e. The van der Waals surface area contributed by atoms with Crippen LogP contribution in [-0.2, 0) is 10.8 Å². The Labute approximate surface area is 734 Å². The molecule has 9 nitrogen and oxygen atoms in total. The molecule has 0 saturated heterocycles. The van der Waals surface area contributed by atoms with Gasteiger partial charge in [-0.3, -0.25) is 0 Å². The van der Waals surface area contributed by atoms with Crippen molar-refractivity contribution in [3.05, 3.63) is 468 Å². The Morgan fingerprint density at radius 1 is 0.312 bits per heavy atom. The van der Waals surface area contributed by atoms with Crippen molar-refractivity contribution >= 4 is 96.6 Å². The molecule has 12 heteroatoms. The van der Waals surface area contributed by atoms with Crippen LogP contribution < -0.4 is 20.2 Å². The van der Waals surface area contributed by atoms with E-state index in [-0.39, 0.29) is 21.6 Å². The van der Waals surface area contributed by atoms with Crippen molar-refractivity contribution in [1.82, 2.24) is 19.5 Å². The van der Waals surface area contributed by atoms with Gasteiger partial charge in [0.1, 0.15) is 9.40 Å². The second-order valence-electron chi connectivity index (χ2n) is 31.6. The molecule has 584 valence electrons. The van der Waals surface area contributed by atoms with Gasteiger partial charge in [-0.2, -0.15) is 15.2 Å². The third-order valence-electron chi connectivity index (χ3n) is 24.6. The van der Waals surface area contributed by atoms with Crippen LogP contribution in [0.4, 0.5) is 0 Å². The summed E-state index contributed by atoms with van der Waals surface area (Å²) < 4.78 is 4.69. The van der Waals surface area contributed by atoms with Crippen molar-refractivity contribution in [2.75, 3.05) is 0 Å². The number of rotatable bonds is 8. The average Bonchev–Trinajstić information content (AvgIpc) is 1.50. The normalized spacial score (nSPS) is 13.2. The van der Waals surface area contributed by atoms with E-state index in [2.05, 4.69) is 288 Å². The minimum absolute atomic E-state index is 0. The zero-order chi connectivity index (χ0) is 83.0. The van der Waals surface area contributed by atoms with Crippen LogP contribution in [0.2, 0.25) is 0 Å². The van der Waals surface area contributed by atoms with Gasteiger partial charge in [0.05, 0.1) is 44.6 Å². The van der Waals surface area contributed by atoms with Crippen molar-refractivity contribution in [2.24, 2.45) is 0 Å². The van der Waals surface area contributed by atoms with Crippen LogP contribution in [-0.4, -0.2) is 29.6 Å². The molecule has 125 heavy (non-hydrogen) atoms. The number of nitriles is 1. The van der Waals surface area contributed by atoms with Crippen LogP contribution in [0.15, 0.2) is 413 Å². The first kappa shape index (κ1) is 76.7. The largest absolute Gasteiger partial charge is 2.00 e. The smallest absolute Gasteiger partial charge is 0.872 e. The predicted molar refractivity (Wildman–Crippen MR) is 507 cm³/mol. The summed E-state index contributed by atoms with van der Waals surface area (Å²) in [4.78, 5) is 21.7. The Hall–Kier alpha value is -15.7.